The van der Waals surface area contributed by atoms with Gasteiger partial charge >= 0.3 is 0 Å². The second kappa shape index (κ2) is 4.32. The first-order chi connectivity index (χ1) is 7.18. The number of rotatable bonds is 3. The Morgan fingerprint density at radius 3 is 2.38 bits per heavy atom. The van der Waals surface area contributed by atoms with Crippen LogP contribution in [0.2, 0.25) is 0 Å². The van der Waals surface area contributed by atoms with Crippen LogP contribution >= 0.6 is 0 Å². The van der Waals surface area contributed by atoms with Crippen molar-refractivity contribution in [3.63, 3.8) is 0 Å². The third kappa shape index (κ3) is 4.51. The Labute approximate surface area is 98.5 Å². The van der Waals surface area contributed by atoms with E-state index in [1.165, 1.54) is 0 Å². The Morgan fingerprint density at radius 1 is 1.25 bits per heavy atom. The van der Waals surface area contributed by atoms with Gasteiger partial charge in [-0.1, -0.05) is 20.8 Å². The van der Waals surface area contributed by atoms with Gasteiger partial charge in [0.15, 0.2) is 0 Å². The SMILES string of the molecule is CC(C)(C)CC(C)(C)Nc1ccnc(N)c1. The lowest BCUT2D eigenvalue weighted by Gasteiger charge is -2.34. The van der Waals surface area contributed by atoms with Crippen molar-refractivity contribution in [2.75, 3.05) is 11.1 Å². The molecule has 1 aromatic rings. The smallest absolute Gasteiger partial charge is 0.125 e. The number of hydrogen-bond acceptors (Lipinski definition) is 3. The van der Waals surface area contributed by atoms with Gasteiger partial charge in [0, 0.05) is 23.5 Å². The lowest BCUT2D eigenvalue weighted by atomic mass is 9.81. The molecule has 16 heavy (non-hydrogen) atoms. The standard InChI is InChI=1S/C13H23N3/c1-12(2,3)9-13(4,5)16-10-6-7-15-11(14)8-10/h6-8H,9H2,1-5H3,(H3,14,15,16). The zero-order valence-electron chi connectivity index (χ0n) is 11.0. The molecular weight excluding hydrogens is 198 g/mol. The van der Waals surface area contributed by atoms with E-state index < -0.39 is 0 Å². The van der Waals surface area contributed by atoms with Gasteiger partial charge in [-0.2, -0.15) is 0 Å². The van der Waals surface area contributed by atoms with Gasteiger partial charge in [0.1, 0.15) is 5.82 Å². The number of nitrogen functional groups attached to an aromatic ring is 1. The summed E-state index contributed by atoms with van der Waals surface area (Å²) in [6.07, 6.45) is 2.81. The Hall–Kier alpha value is -1.25. The van der Waals surface area contributed by atoms with E-state index in [1.54, 1.807) is 6.20 Å². The summed E-state index contributed by atoms with van der Waals surface area (Å²) in [5.41, 5.74) is 7.03. The number of nitrogens with one attached hydrogen (secondary N) is 1. The molecular formula is C13H23N3. The van der Waals surface area contributed by atoms with Gasteiger partial charge in [-0.15, -0.1) is 0 Å². The maximum absolute atomic E-state index is 5.65. The maximum Gasteiger partial charge on any atom is 0.125 e. The van der Waals surface area contributed by atoms with Crippen LogP contribution in [0.5, 0.6) is 0 Å². The van der Waals surface area contributed by atoms with Crippen LogP contribution in [-0.4, -0.2) is 10.5 Å². The van der Waals surface area contributed by atoms with Crippen molar-refractivity contribution in [2.24, 2.45) is 5.41 Å². The van der Waals surface area contributed by atoms with E-state index >= 15 is 0 Å². The summed E-state index contributed by atoms with van der Waals surface area (Å²) in [6, 6.07) is 3.81. The van der Waals surface area contributed by atoms with Crippen LogP contribution in [-0.2, 0) is 0 Å². The molecule has 3 N–H and O–H groups in total. The molecule has 90 valence electrons. The first-order valence-corrected chi connectivity index (χ1v) is 5.68. The molecule has 1 aromatic heterocycles. The quantitative estimate of drug-likeness (QED) is 0.823. The highest BCUT2D eigenvalue weighted by Gasteiger charge is 2.25. The Morgan fingerprint density at radius 2 is 1.88 bits per heavy atom. The van der Waals surface area contributed by atoms with Crippen LogP contribution in [0.15, 0.2) is 18.3 Å². The summed E-state index contributed by atoms with van der Waals surface area (Å²) in [4.78, 5) is 3.98. The zero-order chi connectivity index (χ0) is 12.4. The summed E-state index contributed by atoms with van der Waals surface area (Å²) in [5, 5.41) is 3.50. The summed E-state index contributed by atoms with van der Waals surface area (Å²) in [6.45, 7) is 11.1. The van der Waals surface area contributed by atoms with Crippen molar-refractivity contribution in [1.29, 1.82) is 0 Å². The molecule has 0 unspecified atom stereocenters. The number of nitrogens with zero attached hydrogens (tertiary/aromatic N) is 1. The van der Waals surface area contributed by atoms with Crippen molar-refractivity contribution < 1.29 is 0 Å². The van der Waals surface area contributed by atoms with Crippen LogP contribution in [0, 0.1) is 5.41 Å². The van der Waals surface area contributed by atoms with Crippen LogP contribution in [0.3, 0.4) is 0 Å². The Bertz CT molecular complexity index is 350. The van der Waals surface area contributed by atoms with Crippen LogP contribution in [0.25, 0.3) is 0 Å². The normalized spacial score (nSPS) is 12.6. The average molecular weight is 221 g/mol. The molecule has 1 rings (SSSR count). The van der Waals surface area contributed by atoms with Crippen molar-refractivity contribution in [3.8, 4) is 0 Å². The van der Waals surface area contributed by atoms with Gasteiger partial charge in [-0.05, 0) is 31.7 Å². The first-order valence-electron chi connectivity index (χ1n) is 5.68. The lowest BCUT2D eigenvalue weighted by molar-refractivity contribution is 0.302. The molecule has 0 bridgehead atoms. The van der Waals surface area contributed by atoms with Gasteiger partial charge in [0.25, 0.3) is 0 Å². The monoisotopic (exact) mass is 221 g/mol. The van der Waals surface area contributed by atoms with E-state index in [0.29, 0.717) is 11.2 Å². The number of anilines is 2. The number of nitrogens with two attached hydrogens (primary N) is 1. The minimum absolute atomic E-state index is 0.0477. The van der Waals surface area contributed by atoms with Gasteiger partial charge in [0.2, 0.25) is 0 Å². The average Bonchev–Trinajstić information content (AvgIpc) is 1.96. The van der Waals surface area contributed by atoms with Gasteiger partial charge in [0.05, 0.1) is 0 Å². The van der Waals surface area contributed by atoms with Crippen molar-refractivity contribution in [2.45, 2.75) is 46.6 Å². The summed E-state index contributed by atoms with van der Waals surface area (Å²) < 4.78 is 0. The molecule has 3 nitrogen and oxygen atoms in total. The van der Waals surface area contributed by atoms with E-state index in [4.69, 9.17) is 5.73 Å². The third-order valence-electron chi connectivity index (χ3n) is 2.24. The molecule has 0 aromatic carbocycles. The third-order valence-corrected chi connectivity index (χ3v) is 2.24. The number of hydrogen-bond donors (Lipinski definition) is 2. The van der Waals surface area contributed by atoms with E-state index in [9.17, 15) is 0 Å². The zero-order valence-corrected chi connectivity index (χ0v) is 11.0. The molecule has 0 radical (unpaired) electrons. The molecule has 3 heteroatoms. The first kappa shape index (κ1) is 12.8. The van der Waals surface area contributed by atoms with E-state index in [2.05, 4.69) is 44.9 Å². The largest absolute Gasteiger partial charge is 0.384 e. The molecule has 1 heterocycles. The molecule has 0 amide bonds. The van der Waals surface area contributed by atoms with Crippen LogP contribution in [0.1, 0.15) is 41.0 Å². The maximum atomic E-state index is 5.65. The fourth-order valence-electron chi connectivity index (χ4n) is 2.29. The molecule has 0 spiro atoms. The highest BCUT2D eigenvalue weighted by molar-refractivity contribution is 5.51. The Kier molecular flexibility index (Phi) is 3.46. The van der Waals surface area contributed by atoms with Crippen molar-refractivity contribution in [1.82, 2.24) is 4.98 Å². The number of aromatic nitrogens is 1. The molecule has 0 saturated carbocycles. The molecule has 0 atom stereocenters. The molecule has 0 aliphatic heterocycles. The second-order valence-corrected chi connectivity index (χ2v) is 6.22. The lowest BCUT2D eigenvalue weighted by Crippen LogP contribution is -2.35. The molecule has 0 saturated heterocycles. The highest BCUT2D eigenvalue weighted by Crippen LogP contribution is 2.29. The van der Waals surface area contributed by atoms with E-state index in [1.807, 2.05) is 12.1 Å². The topological polar surface area (TPSA) is 50.9 Å². The summed E-state index contributed by atoms with van der Waals surface area (Å²) in [5.74, 6) is 0.552. The van der Waals surface area contributed by atoms with Gasteiger partial charge < -0.3 is 11.1 Å². The van der Waals surface area contributed by atoms with E-state index in [-0.39, 0.29) is 5.54 Å². The predicted molar refractivity (Wildman–Crippen MR) is 70.4 cm³/mol. The predicted octanol–water partition coefficient (Wildman–Crippen LogP) is 3.29. The summed E-state index contributed by atoms with van der Waals surface area (Å²) >= 11 is 0. The van der Waals surface area contributed by atoms with Crippen molar-refractivity contribution in [3.05, 3.63) is 18.3 Å². The van der Waals surface area contributed by atoms with Crippen LogP contribution in [0.4, 0.5) is 11.5 Å². The van der Waals surface area contributed by atoms with Crippen LogP contribution < -0.4 is 11.1 Å². The molecule has 0 fully saturated rings. The minimum atomic E-state index is 0.0477. The van der Waals surface area contributed by atoms with Gasteiger partial charge in [-0.3, -0.25) is 0 Å². The highest BCUT2D eigenvalue weighted by atomic mass is 15.0. The number of pyridine rings is 1. The fraction of sp³-hybridized carbons (Fsp3) is 0.615. The van der Waals surface area contributed by atoms with E-state index in [0.717, 1.165) is 12.1 Å². The fourth-order valence-corrected chi connectivity index (χ4v) is 2.29. The minimum Gasteiger partial charge on any atom is -0.384 e. The summed E-state index contributed by atoms with van der Waals surface area (Å²) in [7, 11) is 0. The van der Waals surface area contributed by atoms with Gasteiger partial charge in [-0.25, -0.2) is 4.98 Å². The Balaban J connectivity index is 2.72. The second-order valence-electron chi connectivity index (χ2n) is 6.22. The molecule has 0 aliphatic carbocycles. The van der Waals surface area contributed by atoms with Crippen molar-refractivity contribution >= 4 is 11.5 Å². The molecule has 0 aliphatic rings.